The summed E-state index contributed by atoms with van der Waals surface area (Å²) in [7, 11) is 0. The number of hydrazine groups is 1. The number of amides is 2. The molecule has 0 atom stereocenters. The Labute approximate surface area is 238 Å². The average molecular weight is 581 g/mol. The minimum absolute atomic E-state index is 0.121. The molecule has 7 rings (SSSR count). The van der Waals surface area contributed by atoms with Crippen molar-refractivity contribution in [3.8, 4) is 11.5 Å². The third-order valence-corrected chi connectivity index (χ3v) is 9.56. The maximum absolute atomic E-state index is 13.5. The highest BCUT2D eigenvalue weighted by Gasteiger charge is 2.55. The van der Waals surface area contributed by atoms with Gasteiger partial charge in [0.15, 0.2) is 4.32 Å². The highest BCUT2D eigenvalue weighted by molar-refractivity contribution is 8.26. The number of hydrogen-bond acceptors (Lipinski definition) is 9. The molecule has 1 saturated heterocycles. The standard InChI is InChI=1S/C27H24N4O7S2/c32-24-23(40-26(39)29(24)28-25(33)27-12-16-6-17(13-27)8-18(7-16)14-27)10-15-2-1-3-20(9-15)38-22-5-4-19(30(34)35)11-21(22)31(36)37/h1-5,9-11,16-18H,6-8,12-14H2,(H,28,33)/b23-10+. The topological polar surface area (TPSA) is 145 Å². The van der Waals surface area contributed by atoms with Crippen LogP contribution in [0, 0.1) is 43.4 Å². The highest BCUT2D eigenvalue weighted by atomic mass is 32.2. The van der Waals surface area contributed by atoms with Crippen LogP contribution in [0.3, 0.4) is 0 Å². The Hall–Kier alpha value is -3.84. The first-order valence-electron chi connectivity index (χ1n) is 12.9. The van der Waals surface area contributed by atoms with Crippen LogP contribution in [0.1, 0.15) is 44.1 Å². The number of thioether (sulfide) groups is 1. The van der Waals surface area contributed by atoms with Crippen LogP contribution in [-0.4, -0.2) is 31.0 Å². The lowest BCUT2D eigenvalue weighted by Gasteiger charge is -2.55. The van der Waals surface area contributed by atoms with Crippen molar-refractivity contribution in [1.29, 1.82) is 0 Å². The Kier molecular flexibility index (Phi) is 6.57. The van der Waals surface area contributed by atoms with Crippen molar-refractivity contribution in [2.24, 2.45) is 23.2 Å². The van der Waals surface area contributed by atoms with Gasteiger partial charge in [-0.15, -0.1) is 0 Å². The maximum Gasteiger partial charge on any atom is 0.318 e. The number of nitrogens with one attached hydrogen (secondary N) is 1. The zero-order chi connectivity index (χ0) is 28.2. The average Bonchev–Trinajstić information content (AvgIpc) is 3.15. The minimum atomic E-state index is -0.755. The number of nitro groups is 2. The van der Waals surface area contributed by atoms with Crippen LogP contribution >= 0.6 is 24.0 Å². The summed E-state index contributed by atoms with van der Waals surface area (Å²) in [6.07, 6.45) is 7.83. The third-order valence-electron chi connectivity index (χ3n) is 8.26. The number of rotatable bonds is 7. The van der Waals surface area contributed by atoms with Crippen LogP contribution in [0.15, 0.2) is 47.4 Å². The number of nitro benzene ring substituents is 2. The molecule has 4 aliphatic carbocycles. The van der Waals surface area contributed by atoms with Crippen LogP contribution in [0.4, 0.5) is 11.4 Å². The number of thiocarbonyl (C=S) groups is 1. The van der Waals surface area contributed by atoms with Crippen LogP contribution in [0.2, 0.25) is 0 Å². The molecule has 1 heterocycles. The molecule has 1 aliphatic heterocycles. The molecule has 0 radical (unpaired) electrons. The first kappa shape index (κ1) is 26.4. The van der Waals surface area contributed by atoms with Crippen molar-refractivity contribution >= 4 is 57.6 Å². The second-order valence-electron chi connectivity index (χ2n) is 11.0. The van der Waals surface area contributed by atoms with E-state index >= 15 is 0 Å². The predicted octanol–water partition coefficient (Wildman–Crippen LogP) is 5.74. The Morgan fingerprint density at radius 2 is 1.73 bits per heavy atom. The van der Waals surface area contributed by atoms with Gasteiger partial charge in [0.25, 0.3) is 11.6 Å². The van der Waals surface area contributed by atoms with Gasteiger partial charge in [-0.25, -0.2) is 0 Å². The molecule has 206 valence electrons. The molecule has 13 heteroatoms. The van der Waals surface area contributed by atoms with Gasteiger partial charge < -0.3 is 4.74 Å². The second kappa shape index (κ2) is 9.97. The quantitative estimate of drug-likeness (QED) is 0.187. The molecule has 0 spiro atoms. The zero-order valence-corrected chi connectivity index (χ0v) is 22.7. The number of carbonyl (C=O) groups is 2. The number of carbonyl (C=O) groups excluding carboxylic acids is 2. The molecule has 5 fully saturated rings. The predicted molar refractivity (Wildman–Crippen MR) is 150 cm³/mol. The van der Waals surface area contributed by atoms with E-state index in [1.807, 2.05) is 0 Å². The molecule has 1 N–H and O–H groups in total. The van der Waals surface area contributed by atoms with Crippen molar-refractivity contribution in [3.05, 3.63) is 73.2 Å². The lowest BCUT2D eigenvalue weighted by molar-refractivity contribution is -0.394. The molecule has 2 aromatic rings. The van der Waals surface area contributed by atoms with Crippen LogP contribution < -0.4 is 10.2 Å². The summed E-state index contributed by atoms with van der Waals surface area (Å²) in [6.45, 7) is 0. The lowest BCUT2D eigenvalue weighted by Crippen LogP contribution is -2.57. The molecule has 4 saturated carbocycles. The van der Waals surface area contributed by atoms with E-state index in [-0.39, 0.29) is 21.7 Å². The fourth-order valence-corrected chi connectivity index (χ4v) is 8.15. The van der Waals surface area contributed by atoms with E-state index in [1.165, 1.54) is 25.3 Å². The maximum atomic E-state index is 13.5. The minimum Gasteiger partial charge on any atom is -0.450 e. The summed E-state index contributed by atoms with van der Waals surface area (Å²) in [5.41, 5.74) is 2.00. The van der Waals surface area contributed by atoms with E-state index in [2.05, 4.69) is 5.43 Å². The molecule has 4 bridgehead atoms. The lowest BCUT2D eigenvalue weighted by atomic mass is 9.49. The molecular weight excluding hydrogens is 556 g/mol. The molecule has 2 amide bonds. The number of benzene rings is 2. The van der Waals surface area contributed by atoms with Crippen LogP contribution in [0.5, 0.6) is 11.5 Å². The van der Waals surface area contributed by atoms with Gasteiger partial charge in [0, 0.05) is 6.07 Å². The Bertz CT molecular complexity index is 1470. The molecule has 40 heavy (non-hydrogen) atoms. The van der Waals surface area contributed by atoms with Gasteiger partial charge in [-0.2, -0.15) is 5.01 Å². The number of nitrogens with zero attached hydrogens (tertiary/aromatic N) is 3. The van der Waals surface area contributed by atoms with Gasteiger partial charge in [-0.05, 0) is 98.3 Å². The summed E-state index contributed by atoms with van der Waals surface area (Å²) in [5.74, 6) is 1.29. The van der Waals surface area contributed by atoms with Crippen molar-refractivity contribution in [1.82, 2.24) is 10.4 Å². The van der Waals surface area contributed by atoms with Crippen molar-refractivity contribution in [3.63, 3.8) is 0 Å². The van der Waals surface area contributed by atoms with Gasteiger partial charge in [-0.1, -0.05) is 23.9 Å². The zero-order valence-electron chi connectivity index (χ0n) is 21.1. The smallest absolute Gasteiger partial charge is 0.318 e. The second-order valence-corrected chi connectivity index (χ2v) is 12.7. The Morgan fingerprint density at radius 3 is 2.35 bits per heavy atom. The van der Waals surface area contributed by atoms with Gasteiger partial charge in [0.2, 0.25) is 11.7 Å². The van der Waals surface area contributed by atoms with E-state index in [0.717, 1.165) is 48.2 Å². The Morgan fingerprint density at radius 1 is 1.05 bits per heavy atom. The van der Waals surface area contributed by atoms with Crippen LogP contribution in [-0.2, 0) is 9.59 Å². The fraction of sp³-hybridized carbons (Fsp3) is 0.370. The van der Waals surface area contributed by atoms with Crippen molar-refractivity contribution in [2.45, 2.75) is 38.5 Å². The van der Waals surface area contributed by atoms with E-state index in [4.69, 9.17) is 17.0 Å². The summed E-state index contributed by atoms with van der Waals surface area (Å²) in [5, 5.41) is 23.6. The fourth-order valence-electron chi connectivity index (χ4n) is 6.97. The van der Waals surface area contributed by atoms with E-state index in [0.29, 0.717) is 28.2 Å². The molecule has 5 aliphatic rings. The highest BCUT2D eigenvalue weighted by Crippen LogP contribution is 2.60. The first-order chi connectivity index (χ1) is 19.1. The molecular formula is C27H24N4O7S2. The Balaban J connectivity index is 1.18. The summed E-state index contributed by atoms with van der Waals surface area (Å²) >= 11 is 6.50. The van der Waals surface area contributed by atoms with E-state index < -0.39 is 32.5 Å². The van der Waals surface area contributed by atoms with E-state index in [9.17, 15) is 29.8 Å². The first-order valence-corrected chi connectivity index (χ1v) is 14.1. The van der Waals surface area contributed by atoms with Crippen molar-refractivity contribution in [2.75, 3.05) is 0 Å². The summed E-state index contributed by atoms with van der Waals surface area (Å²) in [4.78, 5) is 48.0. The summed E-state index contributed by atoms with van der Waals surface area (Å²) < 4.78 is 5.91. The monoisotopic (exact) mass is 580 g/mol. The molecule has 0 unspecified atom stereocenters. The molecule has 0 aromatic heterocycles. The van der Waals surface area contributed by atoms with Gasteiger partial charge in [0.05, 0.1) is 26.2 Å². The number of non-ortho nitro benzene ring substituents is 1. The summed E-state index contributed by atoms with van der Waals surface area (Å²) in [6, 6.07) is 9.63. The van der Waals surface area contributed by atoms with E-state index in [1.54, 1.807) is 30.3 Å². The largest absolute Gasteiger partial charge is 0.450 e. The van der Waals surface area contributed by atoms with Crippen molar-refractivity contribution < 1.29 is 24.2 Å². The molecule has 2 aromatic carbocycles. The van der Waals surface area contributed by atoms with Gasteiger partial charge in [0.1, 0.15) is 5.75 Å². The molecule has 11 nitrogen and oxygen atoms in total. The normalized spacial score (nSPS) is 27.8. The van der Waals surface area contributed by atoms with Gasteiger partial charge >= 0.3 is 5.69 Å². The van der Waals surface area contributed by atoms with Crippen LogP contribution in [0.25, 0.3) is 6.08 Å². The number of hydrogen-bond donors (Lipinski definition) is 1. The SMILES string of the molecule is O=C1/C(=C\c2cccc(Oc3ccc([N+](=O)[O-])cc3[N+](=O)[O-])c2)SC(=S)N1NC(=O)C12CC3CC(CC(C3)C1)C2. The van der Waals surface area contributed by atoms with Gasteiger partial charge in [-0.3, -0.25) is 35.2 Å². The third kappa shape index (κ3) is 4.83. The number of ether oxygens (including phenoxy) is 1.